The largest absolute Gasteiger partial charge is 0.466 e. The zero-order chi connectivity index (χ0) is 23.4. The van der Waals surface area contributed by atoms with Crippen LogP contribution in [0, 0.1) is 25.7 Å². The van der Waals surface area contributed by atoms with Crippen molar-refractivity contribution in [2.75, 3.05) is 18.5 Å². The highest BCUT2D eigenvalue weighted by atomic mass is 79.9. The number of carbonyl (C=O) groups is 3. The van der Waals surface area contributed by atoms with E-state index in [4.69, 9.17) is 9.47 Å². The molecule has 0 saturated carbocycles. The van der Waals surface area contributed by atoms with Crippen LogP contribution in [-0.4, -0.2) is 69.6 Å². The lowest BCUT2D eigenvalue weighted by atomic mass is 9.70. The summed E-state index contributed by atoms with van der Waals surface area (Å²) in [6, 6.07) is 4.16. The first-order valence-corrected chi connectivity index (χ1v) is 11.9. The Balaban J connectivity index is 1.76. The predicted octanol–water partition coefficient (Wildman–Crippen LogP) is 1.93. The number of aryl methyl sites for hydroxylation is 2. The molecule has 1 unspecified atom stereocenters. The number of aliphatic hydroxyl groups excluding tert-OH is 1. The van der Waals surface area contributed by atoms with E-state index >= 15 is 0 Å². The number of carbonyl (C=O) groups excluding carboxylic acids is 3. The summed E-state index contributed by atoms with van der Waals surface area (Å²) in [7, 11) is 0. The van der Waals surface area contributed by atoms with Gasteiger partial charge in [-0.15, -0.1) is 0 Å². The molecule has 3 heterocycles. The molecule has 0 radical (unpaired) electrons. The van der Waals surface area contributed by atoms with E-state index in [1.54, 1.807) is 13.8 Å². The number of alkyl halides is 1. The number of nitrogens with one attached hydrogen (secondary N) is 1. The number of rotatable bonds is 6. The number of anilines is 1. The van der Waals surface area contributed by atoms with Crippen LogP contribution in [0.2, 0.25) is 0 Å². The van der Waals surface area contributed by atoms with Gasteiger partial charge in [0.2, 0.25) is 11.8 Å². The van der Waals surface area contributed by atoms with Gasteiger partial charge in [-0.2, -0.15) is 0 Å². The lowest BCUT2D eigenvalue weighted by Gasteiger charge is -2.35. The summed E-state index contributed by atoms with van der Waals surface area (Å²) in [6.07, 6.45) is -0.144. The summed E-state index contributed by atoms with van der Waals surface area (Å²) in [5, 5.41) is 12.8. The fourth-order valence-corrected chi connectivity index (χ4v) is 6.45. The van der Waals surface area contributed by atoms with Crippen molar-refractivity contribution in [2.24, 2.45) is 11.8 Å². The minimum atomic E-state index is -1.17. The maximum absolute atomic E-state index is 13.7. The molecule has 1 aromatic carbocycles. The molecule has 3 fully saturated rings. The van der Waals surface area contributed by atoms with E-state index in [9.17, 15) is 19.5 Å². The molecule has 7 atom stereocenters. The number of aliphatic hydroxyl groups is 1. The van der Waals surface area contributed by atoms with Gasteiger partial charge >= 0.3 is 5.97 Å². The monoisotopic (exact) mass is 508 g/mol. The molecule has 2 amide bonds. The highest BCUT2D eigenvalue weighted by Crippen LogP contribution is 2.60. The Morgan fingerprint density at radius 3 is 2.78 bits per heavy atom. The average Bonchev–Trinajstić information content (AvgIpc) is 3.33. The summed E-state index contributed by atoms with van der Waals surface area (Å²) in [5.41, 5.74) is 1.37. The Bertz CT molecular complexity index is 954. The number of esters is 1. The van der Waals surface area contributed by atoms with Crippen molar-refractivity contribution >= 4 is 39.4 Å². The smallest absolute Gasteiger partial charge is 0.312 e. The zero-order valence-electron chi connectivity index (χ0n) is 18.6. The van der Waals surface area contributed by atoms with Crippen LogP contribution in [-0.2, 0) is 23.9 Å². The molecule has 3 aliphatic heterocycles. The highest BCUT2D eigenvalue weighted by Gasteiger charge is 2.77. The first-order chi connectivity index (χ1) is 15.2. The third-order valence-corrected chi connectivity index (χ3v) is 7.77. The first-order valence-electron chi connectivity index (χ1n) is 11.0. The third-order valence-electron chi connectivity index (χ3n) is 6.92. The van der Waals surface area contributed by atoms with E-state index in [1.165, 1.54) is 4.90 Å². The quantitative estimate of drug-likeness (QED) is 0.449. The molecule has 2 bridgehead atoms. The van der Waals surface area contributed by atoms with Crippen LogP contribution in [0.5, 0.6) is 0 Å². The summed E-state index contributed by atoms with van der Waals surface area (Å²) in [5.74, 6) is -2.86. The molecule has 174 valence electrons. The van der Waals surface area contributed by atoms with Crippen LogP contribution in [0.25, 0.3) is 0 Å². The van der Waals surface area contributed by atoms with Crippen LogP contribution in [0.3, 0.4) is 0 Å². The Morgan fingerprint density at radius 1 is 1.41 bits per heavy atom. The number of ether oxygens (including phenoxy) is 2. The van der Waals surface area contributed by atoms with Crippen LogP contribution in [0.4, 0.5) is 5.69 Å². The second-order valence-corrected chi connectivity index (χ2v) is 10.2. The van der Waals surface area contributed by atoms with Crippen molar-refractivity contribution < 1.29 is 29.0 Å². The molecule has 32 heavy (non-hydrogen) atoms. The number of likely N-dealkylation sites (tertiary alicyclic amines) is 1. The van der Waals surface area contributed by atoms with Gasteiger partial charge < -0.3 is 24.8 Å². The fraction of sp³-hybridized carbons (Fsp3) is 0.609. The van der Waals surface area contributed by atoms with Gasteiger partial charge in [0.15, 0.2) is 0 Å². The number of fused-ring (bicyclic) bond motifs is 1. The summed E-state index contributed by atoms with van der Waals surface area (Å²) >= 11 is 3.60. The number of halogens is 1. The van der Waals surface area contributed by atoms with Gasteiger partial charge in [0.1, 0.15) is 11.6 Å². The summed E-state index contributed by atoms with van der Waals surface area (Å²) < 4.78 is 11.6. The number of benzene rings is 1. The molecule has 2 N–H and O–H groups in total. The molecule has 1 spiro atoms. The van der Waals surface area contributed by atoms with Crippen molar-refractivity contribution in [1.29, 1.82) is 0 Å². The van der Waals surface area contributed by atoms with Crippen LogP contribution >= 0.6 is 15.9 Å². The fourth-order valence-electron chi connectivity index (χ4n) is 5.51. The molecule has 8 nitrogen and oxygen atoms in total. The van der Waals surface area contributed by atoms with Crippen molar-refractivity contribution in [3.05, 3.63) is 29.3 Å². The molecular formula is C23H29BrN2O6. The van der Waals surface area contributed by atoms with Gasteiger partial charge in [0, 0.05) is 10.5 Å². The SMILES string of the molecule is CCOC(=O)[C@@H]1[C@H]2O[C@@]3(CC2Br)[C@H](C(=O)Nc2cc(C)ccc2C)N([C@H](C)CO)C(=O)[C@@H]13. The van der Waals surface area contributed by atoms with E-state index in [0.29, 0.717) is 12.1 Å². The Morgan fingerprint density at radius 2 is 2.12 bits per heavy atom. The van der Waals surface area contributed by atoms with Gasteiger partial charge in [-0.1, -0.05) is 28.1 Å². The number of nitrogens with zero attached hydrogens (tertiary/aromatic N) is 1. The van der Waals surface area contributed by atoms with Crippen LogP contribution in [0.1, 0.15) is 31.4 Å². The standard InChI is InChI=1S/C23H29BrN2O6/c1-5-31-22(30)16-17-21(29)26(13(4)10-27)19(23(17)9-14(24)18(16)32-23)20(28)25-15-8-11(2)6-7-12(15)3/h6-8,13-14,16-19,27H,5,9-10H2,1-4H3,(H,25,28)/t13-,14?,16+,17-,18+,19+,23-/m1/s1. The van der Waals surface area contributed by atoms with Gasteiger partial charge in [-0.05, 0) is 51.3 Å². The van der Waals surface area contributed by atoms with E-state index in [-0.39, 0.29) is 29.9 Å². The molecule has 1 aromatic rings. The Hall–Kier alpha value is -1.97. The van der Waals surface area contributed by atoms with E-state index in [0.717, 1.165) is 11.1 Å². The molecule has 0 aliphatic carbocycles. The van der Waals surface area contributed by atoms with Gasteiger partial charge in [-0.3, -0.25) is 14.4 Å². The van der Waals surface area contributed by atoms with Gasteiger partial charge in [0.05, 0.1) is 37.2 Å². The van der Waals surface area contributed by atoms with Crippen LogP contribution in [0.15, 0.2) is 18.2 Å². The minimum Gasteiger partial charge on any atom is -0.466 e. The molecule has 9 heteroatoms. The van der Waals surface area contributed by atoms with Gasteiger partial charge in [-0.25, -0.2) is 0 Å². The second kappa shape index (κ2) is 8.43. The molecule has 0 aromatic heterocycles. The summed E-state index contributed by atoms with van der Waals surface area (Å²) in [4.78, 5) is 41.3. The lowest BCUT2D eigenvalue weighted by Crippen LogP contribution is -2.56. The maximum atomic E-state index is 13.7. The average molecular weight is 509 g/mol. The number of hydrogen-bond donors (Lipinski definition) is 2. The van der Waals surface area contributed by atoms with Crippen molar-refractivity contribution in [3.8, 4) is 0 Å². The van der Waals surface area contributed by atoms with E-state index in [2.05, 4.69) is 21.2 Å². The highest BCUT2D eigenvalue weighted by molar-refractivity contribution is 9.09. The molecular weight excluding hydrogens is 480 g/mol. The molecule has 3 saturated heterocycles. The van der Waals surface area contributed by atoms with Crippen molar-refractivity contribution in [1.82, 2.24) is 4.90 Å². The molecule has 4 rings (SSSR count). The van der Waals surface area contributed by atoms with Gasteiger partial charge in [0.25, 0.3) is 0 Å². The molecule has 3 aliphatic rings. The lowest BCUT2D eigenvalue weighted by molar-refractivity contribution is -0.155. The Kier molecular flexibility index (Phi) is 6.11. The summed E-state index contributed by atoms with van der Waals surface area (Å²) in [6.45, 7) is 7.11. The zero-order valence-corrected chi connectivity index (χ0v) is 20.2. The third kappa shape index (κ3) is 3.36. The number of hydrogen-bond acceptors (Lipinski definition) is 6. The van der Waals surface area contributed by atoms with E-state index < -0.39 is 41.6 Å². The Labute approximate surface area is 195 Å². The minimum absolute atomic E-state index is 0.191. The van der Waals surface area contributed by atoms with Crippen molar-refractivity contribution in [2.45, 2.75) is 62.7 Å². The van der Waals surface area contributed by atoms with Crippen molar-refractivity contribution in [3.63, 3.8) is 0 Å². The van der Waals surface area contributed by atoms with Crippen LogP contribution < -0.4 is 5.32 Å². The first kappa shape index (κ1) is 23.2. The number of amides is 2. The maximum Gasteiger partial charge on any atom is 0.312 e. The second-order valence-electron chi connectivity index (χ2n) is 9.00. The predicted molar refractivity (Wildman–Crippen MR) is 120 cm³/mol. The van der Waals surface area contributed by atoms with E-state index in [1.807, 2.05) is 32.0 Å². The normalized spacial score (nSPS) is 33.9. The topological polar surface area (TPSA) is 105 Å².